The summed E-state index contributed by atoms with van der Waals surface area (Å²) in [7, 11) is 0. The summed E-state index contributed by atoms with van der Waals surface area (Å²) in [6.45, 7) is 7.92. The fourth-order valence-corrected chi connectivity index (χ4v) is 3.43. The number of nitrogens with zero attached hydrogens (tertiary/aromatic N) is 4. The van der Waals surface area contributed by atoms with E-state index in [2.05, 4.69) is 26.6 Å². The van der Waals surface area contributed by atoms with Gasteiger partial charge in [0.05, 0.1) is 0 Å². The van der Waals surface area contributed by atoms with Crippen molar-refractivity contribution in [1.29, 1.82) is 0 Å². The lowest BCUT2D eigenvalue weighted by molar-refractivity contribution is 0.0575. The van der Waals surface area contributed by atoms with E-state index in [0.29, 0.717) is 19.1 Å². The average Bonchev–Trinajstić information content (AvgIpc) is 3.10. The van der Waals surface area contributed by atoms with E-state index < -0.39 is 6.10 Å². The summed E-state index contributed by atoms with van der Waals surface area (Å²) in [5.74, 6) is 2.26. The molecule has 2 unspecified atom stereocenters. The number of hydrogen-bond donors (Lipinski definition) is 1. The molecule has 0 spiro atoms. The molecule has 1 saturated heterocycles. The first-order valence-electron chi connectivity index (χ1n) is 9.13. The zero-order valence-corrected chi connectivity index (χ0v) is 15.1. The Bertz CT molecular complexity index is 656. The number of aromatic nitrogens is 3. The molecule has 0 bridgehead atoms. The van der Waals surface area contributed by atoms with Gasteiger partial charge in [0.25, 0.3) is 0 Å². The molecule has 2 heterocycles. The molecule has 0 radical (unpaired) electrons. The third-order valence-corrected chi connectivity index (χ3v) is 4.79. The van der Waals surface area contributed by atoms with E-state index in [1.165, 1.54) is 5.56 Å². The summed E-state index contributed by atoms with van der Waals surface area (Å²) >= 11 is 0. The molecule has 25 heavy (non-hydrogen) atoms. The minimum atomic E-state index is -0.496. The molecule has 0 amide bonds. The number of aliphatic hydroxyl groups excluding tert-OH is 1. The quantitative estimate of drug-likeness (QED) is 0.834. The van der Waals surface area contributed by atoms with Crippen LogP contribution < -0.4 is 4.74 Å². The number of likely N-dealkylation sites (tertiary alicyclic amines) is 1. The van der Waals surface area contributed by atoms with Crippen LogP contribution in [0.5, 0.6) is 5.75 Å². The first-order chi connectivity index (χ1) is 12.2. The molecule has 2 aromatic rings. The predicted octanol–water partition coefficient (Wildman–Crippen LogP) is 2.23. The van der Waals surface area contributed by atoms with Crippen LogP contribution in [0.3, 0.4) is 0 Å². The number of β-amino-alcohol motifs (C(OH)–C–C–N with tert-alkyl or cyclic N) is 1. The minimum absolute atomic E-state index is 0.315. The van der Waals surface area contributed by atoms with Gasteiger partial charge < -0.3 is 14.4 Å². The van der Waals surface area contributed by atoms with E-state index in [1.54, 1.807) is 6.33 Å². The molecule has 3 rings (SSSR count). The van der Waals surface area contributed by atoms with Crippen molar-refractivity contribution in [3.05, 3.63) is 42.0 Å². The summed E-state index contributed by atoms with van der Waals surface area (Å²) in [6.07, 6.45) is 3.56. The van der Waals surface area contributed by atoms with Crippen LogP contribution in [0.4, 0.5) is 0 Å². The van der Waals surface area contributed by atoms with Gasteiger partial charge in [-0.3, -0.25) is 4.90 Å². The van der Waals surface area contributed by atoms with Gasteiger partial charge in [-0.1, -0.05) is 17.7 Å². The van der Waals surface area contributed by atoms with Gasteiger partial charge in [-0.05, 0) is 45.4 Å². The molecule has 1 aromatic carbocycles. The van der Waals surface area contributed by atoms with Crippen LogP contribution in [0.25, 0.3) is 0 Å². The van der Waals surface area contributed by atoms with Crippen LogP contribution in [-0.4, -0.2) is 57.1 Å². The van der Waals surface area contributed by atoms with Gasteiger partial charge in [-0.15, -0.1) is 10.2 Å². The van der Waals surface area contributed by atoms with Crippen LogP contribution in [0, 0.1) is 6.92 Å². The molecular formula is C19H28N4O2. The van der Waals surface area contributed by atoms with Gasteiger partial charge in [0.1, 0.15) is 30.6 Å². The molecule has 1 N–H and O–H groups in total. The molecule has 2 atom stereocenters. The Morgan fingerprint density at radius 1 is 1.32 bits per heavy atom. The lowest BCUT2D eigenvalue weighted by Crippen LogP contribution is -2.41. The maximum absolute atomic E-state index is 10.3. The second-order valence-corrected chi connectivity index (χ2v) is 6.85. The molecule has 1 aliphatic rings. The summed E-state index contributed by atoms with van der Waals surface area (Å²) < 4.78 is 7.81. The van der Waals surface area contributed by atoms with Crippen molar-refractivity contribution >= 4 is 0 Å². The van der Waals surface area contributed by atoms with Gasteiger partial charge in [-0.25, -0.2) is 0 Å². The van der Waals surface area contributed by atoms with E-state index in [9.17, 15) is 5.11 Å². The van der Waals surface area contributed by atoms with Crippen molar-refractivity contribution in [2.75, 3.05) is 26.2 Å². The number of aliphatic hydroxyl groups is 1. The van der Waals surface area contributed by atoms with Crippen molar-refractivity contribution in [2.24, 2.45) is 0 Å². The molecule has 0 saturated carbocycles. The van der Waals surface area contributed by atoms with Crippen LogP contribution in [-0.2, 0) is 6.54 Å². The number of hydrogen-bond acceptors (Lipinski definition) is 5. The monoisotopic (exact) mass is 344 g/mol. The number of rotatable bonds is 7. The molecular weight excluding hydrogens is 316 g/mol. The number of benzene rings is 1. The molecule has 0 aliphatic carbocycles. The second-order valence-electron chi connectivity index (χ2n) is 6.85. The Hall–Kier alpha value is -1.92. The van der Waals surface area contributed by atoms with Gasteiger partial charge in [0.15, 0.2) is 0 Å². The summed E-state index contributed by atoms with van der Waals surface area (Å²) in [4.78, 5) is 2.31. The molecule has 1 aliphatic heterocycles. The zero-order chi connectivity index (χ0) is 17.6. The Morgan fingerprint density at radius 2 is 2.12 bits per heavy atom. The number of piperidine rings is 1. The van der Waals surface area contributed by atoms with Crippen molar-refractivity contribution in [2.45, 2.75) is 45.3 Å². The molecule has 1 aromatic heterocycles. The summed E-state index contributed by atoms with van der Waals surface area (Å²) in [5.41, 5.74) is 1.20. The smallest absolute Gasteiger partial charge is 0.137 e. The fourth-order valence-electron chi connectivity index (χ4n) is 3.43. The first kappa shape index (κ1) is 17.9. The van der Waals surface area contributed by atoms with E-state index in [-0.39, 0.29) is 0 Å². The molecule has 6 heteroatoms. The minimum Gasteiger partial charge on any atom is -0.491 e. The first-order valence-corrected chi connectivity index (χ1v) is 9.13. The average molecular weight is 344 g/mol. The Morgan fingerprint density at radius 3 is 2.88 bits per heavy atom. The third-order valence-electron chi connectivity index (χ3n) is 4.79. The lowest BCUT2D eigenvalue weighted by Gasteiger charge is -2.33. The normalized spacial score (nSPS) is 19.7. The Kier molecular flexibility index (Phi) is 6.04. The maximum Gasteiger partial charge on any atom is 0.137 e. The highest BCUT2D eigenvalue weighted by Crippen LogP contribution is 2.25. The SMILES string of the molecule is CCn1cnnc1C1CCCN(CC(O)COc2ccc(C)cc2)C1. The van der Waals surface area contributed by atoms with E-state index in [1.807, 2.05) is 31.2 Å². The largest absolute Gasteiger partial charge is 0.491 e. The second kappa shape index (κ2) is 8.45. The van der Waals surface area contributed by atoms with Crippen LogP contribution in [0.15, 0.2) is 30.6 Å². The number of aryl methyl sites for hydroxylation is 2. The topological polar surface area (TPSA) is 63.4 Å². The van der Waals surface area contributed by atoms with Gasteiger partial charge in [0.2, 0.25) is 0 Å². The van der Waals surface area contributed by atoms with Crippen LogP contribution in [0.1, 0.15) is 37.1 Å². The summed E-state index contributed by atoms with van der Waals surface area (Å²) in [6, 6.07) is 7.91. The van der Waals surface area contributed by atoms with Crippen LogP contribution in [0.2, 0.25) is 0 Å². The Labute approximate surface area is 149 Å². The van der Waals surface area contributed by atoms with E-state index in [0.717, 1.165) is 44.0 Å². The molecule has 136 valence electrons. The van der Waals surface area contributed by atoms with Crippen molar-refractivity contribution in [3.8, 4) is 5.75 Å². The third kappa shape index (κ3) is 4.80. The van der Waals surface area contributed by atoms with Crippen molar-refractivity contribution < 1.29 is 9.84 Å². The predicted molar refractivity (Wildman–Crippen MR) is 96.8 cm³/mol. The number of ether oxygens (including phenoxy) is 1. The molecule has 6 nitrogen and oxygen atoms in total. The Balaban J connectivity index is 1.49. The highest BCUT2D eigenvalue weighted by Gasteiger charge is 2.26. The summed E-state index contributed by atoms with van der Waals surface area (Å²) in [5, 5.41) is 18.7. The van der Waals surface area contributed by atoms with Gasteiger partial charge >= 0.3 is 0 Å². The maximum atomic E-state index is 10.3. The lowest BCUT2D eigenvalue weighted by atomic mass is 9.97. The standard InChI is InChI=1S/C19H28N4O2/c1-3-23-14-20-21-19(23)16-5-4-10-22(11-16)12-17(24)13-25-18-8-6-15(2)7-9-18/h6-9,14,16-17,24H,3-5,10-13H2,1-2H3. The fraction of sp³-hybridized carbons (Fsp3) is 0.579. The highest BCUT2D eigenvalue weighted by molar-refractivity contribution is 5.26. The highest BCUT2D eigenvalue weighted by atomic mass is 16.5. The zero-order valence-electron chi connectivity index (χ0n) is 15.1. The molecule has 1 fully saturated rings. The van der Waals surface area contributed by atoms with E-state index in [4.69, 9.17) is 4.74 Å². The van der Waals surface area contributed by atoms with Crippen molar-refractivity contribution in [1.82, 2.24) is 19.7 Å². The van der Waals surface area contributed by atoms with Gasteiger partial charge in [-0.2, -0.15) is 0 Å². The van der Waals surface area contributed by atoms with E-state index >= 15 is 0 Å². The van der Waals surface area contributed by atoms with Crippen LogP contribution >= 0.6 is 0 Å². The van der Waals surface area contributed by atoms with Gasteiger partial charge in [0, 0.05) is 25.6 Å². The van der Waals surface area contributed by atoms with Crippen molar-refractivity contribution in [3.63, 3.8) is 0 Å².